The number of nitriles is 1. The Morgan fingerprint density at radius 1 is 0.880 bits per heavy atom. The Morgan fingerprint density at radius 3 is 2.20 bits per heavy atom. The van der Waals surface area contributed by atoms with Crippen molar-refractivity contribution in [3.05, 3.63) is 154 Å². The third kappa shape index (κ3) is 12.6. The molecule has 4 aromatic heterocycles. The van der Waals surface area contributed by atoms with E-state index < -0.39 is 95.4 Å². The van der Waals surface area contributed by atoms with Crippen molar-refractivity contribution in [2.75, 3.05) is 44.7 Å². The fraction of sp³-hybridized carbons (Fsp3) is 0.333. The summed E-state index contributed by atoms with van der Waals surface area (Å²) in [5.74, 6) is -0.445. The number of aromatic nitrogens is 9. The Morgan fingerprint density at radius 2 is 1.55 bits per heavy atom. The topological polar surface area (TPSA) is 325 Å². The lowest BCUT2D eigenvalue weighted by atomic mass is 9.80. The average molecular weight is 1180 g/mol. The van der Waals surface area contributed by atoms with Crippen molar-refractivity contribution >= 4 is 62.8 Å². The third-order valence-electron chi connectivity index (χ3n) is 13.5. The Balaban J connectivity index is 0.985. The summed E-state index contributed by atoms with van der Waals surface area (Å²) in [6.45, 7) is 2.29. The van der Waals surface area contributed by atoms with E-state index in [-0.39, 0.29) is 60.1 Å². The maximum atomic E-state index is 18.0. The fourth-order valence-corrected chi connectivity index (χ4v) is 11.0. The van der Waals surface area contributed by atoms with Crippen LogP contribution in [-0.2, 0) is 47.3 Å². The van der Waals surface area contributed by atoms with Gasteiger partial charge in [0.2, 0.25) is 11.9 Å². The monoisotopic (exact) mass is 1170 g/mol. The molecule has 29 heteroatoms. The number of aromatic amines is 1. The van der Waals surface area contributed by atoms with Gasteiger partial charge in [-0.25, -0.2) is 19.3 Å². The normalized spacial score (nSPS) is 20.3. The summed E-state index contributed by atoms with van der Waals surface area (Å²) >= 11 is 0. The number of methoxy groups -OCH3 is 2. The van der Waals surface area contributed by atoms with Crippen LogP contribution in [0.4, 0.5) is 16.2 Å². The van der Waals surface area contributed by atoms with Gasteiger partial charge in [-0.1, -0.05) is 91.9 Å². The van der Waals surface area contributed by atoms with Crippen LogP contribution in [0.5, 0.6) is 11.5 Å². The van der Waals surface area contributed by atoms with Crippen LogP contribution in [0.3, 0.4) is 0 Å². The molecule has 6 heterocycles. The Hall–Kier alpha value is -8.12. The van der Waals surface area contributed by atoms with Crippen molar-refractivity contribution < 1.29 is 65.2 Å². The highest BCUT2D eigenvalue weighted by Crippen LogP contribution is 2.50. The number of imidazole rings is 1. The number of carbonyl (C=O) groups is 2. The van der Waals surface area contributed by atoms with Crippen LogP contribution in [0.15, 0.2) is 127 Å². The van der Waals surface area contributed by atoms with Crippen LogP contribution in [0, 0.1) is 17.2 Å². The Labute approximate surface area is 474 Å². The van der Waals surface area contributed by atoms with Crippen molar-refractivity contribution in [3.8, 4) is 17.6 Å². The van der Waals surface area contributed by atoms with Crippen LogP contribution >= 0.6 is 16.9 Å². The number of fused-ring (bicyclic) bond motifs is 2. The molecule has 2 unspecified atom stereocenters. The predicted molar refractivity (Wildman–Crippen MR) is 291 cm³/mol. The van der Waals surface area contributed by atoms with E-state index in [1.54, 1.807) is 82.7 Å². The molecule has 0 radical (unpaired) electrons. The number of hydrogen-bond donors (Lipinski definition) is 3. The molecule has 3 N–H and O–H groups in total. The molecule has 0 saturated carbocycles. The number of alkyl halides is 1. The van der Waals surface area contributed by atoms with Gasteiger partial charge in [-0.3, -0.25) is 29.3 Å². The molecular formula is C54H53FN12O14P2. The van der Waals surface area contributed by atoms with E-state index >= 15 is 4.39 Å². The van der Waals surface area contributed by atoms with Crippen molar-refractivity contribution in [2.45, 2.75) is 75.3 Å². The van der Waals surface area contributed by atoms with Crippen molar-refractivity contribution in [2.24, 2.45) is 5.92 Å². The van der Waals surface area contributed by atoms with Gasteiger partial charge in [0.05, 0.1) is 59.0 Å². The molecule has 4 aromatic carbocycles. The zero-order chi connectivity index (χ0) is 58.2. The average Bonchev–Trinajstić information content (AvgIpc) is 3.21. The molecule has 2 aliphatic rings. The quantitative estimate of drug-likeness (QED) is 0.0321. The highest BCUT2D eigenvalue weighted by molar-refractivity contribution is 7.41. The number of benzene rings is 4. The summed E-state index contributed by atoms with van der Waals surface area (Å²) < 4.78 is 87.9. The van der Waals surface area contributed by atoms with E-state index in [0.29, 0.717) is 33.8 Å². The molecule has 2 amide bonds. The number of H-pyrrole nitrogens is 1. The molecule has 10 rings (SSSR count). The molecule has 0 spiro atoms. The summed E-state index contributed by atoms with van der Waals surface area (Å²) in [5, 5.41) is 23.4. The van der Waals surface area contributed by atoms with E-state index in [9.17, 15) is 29.1 Å². The molecular weight excluding hydrogens is 1120 g/mol. The number of hydrogen-bond acceptors (Lipinski definition) is 21. The molecule has 2 fully saturated rings. The molecule has 2 aliphatic heterocycles. The zero-order valence-corrected chi connectivity index (χ0v) is 46.5. The fourth-order valence-electron chi connectivity index (χ4n) is 9.44. The van der Waals surface area contributed by atoms with Crippen LogP contribution in [0.1, 0.15) is 66.2 Å². The standard InChI is InChI=1S/C54H53FN12O14P2/c1-31(2)48(68)62-53-61-47-43(50(70)63-53)59-30-66(47)51-39(80-82(71)72)26-38(78-51)27-77-83(76-25-11-24-56)81-44-40(79-52(41(44)55)67-46-42(64-65-67)45(57-29-58-46)60-49(69)32-12-7-5-8-13-32)28-75-54(33-14-9-6-10-15-33,34-16-20-36(73-3)21-17-34)35-18-22-37(74-4)23-19-35/h5-10,12-23,29-31,38-41,44,51-52H,11,25-28H2,1-4H3,(H,57,58,60,69)(H2,61,62,63,68,70)/t38-,39-,40+,41-,44+,51+,52+,83?/m0/s1. The number of ether oxygens (including phenoxy) is 5. The van der Waals surface area contributed by atoms with E-state index in [2.05, 4.69) is 45.9 Å². The van der Waals surface area contributed by atoms with Crippen LogP contribution in [0.25, 0.3) is 22.3 Å². The SMILES string of the molecule is COc1ccc(C(OC[C@H]2O[C@@H](n3nnc4c(NC(=O)c5ccccc5)ncnc43)[C@@H](F)[C@@H]2OP(OCCC#N)OC[C@@H]2C[C@H](O[P+](=O)[O-])[C@H](n3cnc4c(=O)[nH]c(NC(=O)C(C)C)nc43)O2)(c2ccccc2)c2ccc(OC)cc2)cc1. The lowest BCUT2D eigenvalue weighted by molar-refractivity contribution is -0.192. The van der Waals surface area contributed by atoms with Crippen LogP contribution in [0.2, 0.25) is 0 Å². The minimum absolute atomic E-state index is 0.0113. The molecule has 0 aliphatic carbocycles. The number of anilines is 2. The molecule has 83 heavy (non-hydrogen) atoms. The maximum absolute atomic E-state index is 18.0. The van der Waals surface area contributed by atoms with Crippen molar-refractivity contribution in [1.82, 2.24) is 44.5 Å². The van der Waals surface area contributed by atoms with Crippen LogP contribution in [-0.4, -0.2) is 121 Å². The van der Waals surface area contributed by atoms with E-state index in [4.69, 9.17) is 41.8 Å². The minimum Gasteiger partial charge on any atom is -0.566 e. The molecule has 26 nitrogen and oxygen atoms in total. The highest BCUT2D eigenvalue weighted by atomic mass is 31.2. The third-order valence-corrected chi connectivity index (χ3v) is 15.1. The van der Waals surface area contributed by atoms with Gasteiger partial charge in [0, 0.05) is 17.9 Å². The second-order valence-corrected chi connectivity index (χ2v) is 20.9. The number of rotatable bonds is 24. The summed E-state index contributed by atoms with van der Waals surface area (Å²) in [7, 11) is -3.01. The number of halogens is 1. The first-order valence-electron chi connectivity index (χ1n) is 25.8. The molecule has 2 saturated heterocycles. The van der Waals surface area contributed by atoms with E-state index in [1.807, 2.05) is 60.7 Å². The maximum Gasteiger partial charge on any atom is 0.488 e. The van der Waals surface area contributed by atoms with Gasteiger partial charge in [-0.05, 0) is 57.7 Å². The Bertz CT molecular complexity index is 3630. The van der Waals surface area contributed by atoms with Gasteiger partial charge in [0.15, 0.2) is 52.9 Å². The first-order valence-corrected chi connectivity index (χ1v) is 28.0. The van der Waals surface area contributed by atoms with Gasteiger partial charge >= 0.3 is 16.9 Å². The molecule has 430 valence electrons. The van der Waals surface area contributed by atoms with Gasteiger partial charge in [0.25, 0.3) is 11.5 Å². The summed E-state index contributed by atoms with van der Waals surface area (Å²) in [6, 6.07) is 34.3. The second-order valence-electron chi connectivity index (χ2n) is 19.0. The number of nitrogens with one attached hydrogen (secondary N) is 3. The lowest BCUT2D eigenvalue weighted by Gasteiger charge is -2.37. The van der Waals surface area contributed by atoms with Gasteiger partial charge in [-0.2, -0.15) is 14.9 Å². The van der Waals surface area contributed by atoms with E-state index in [0.717, 1.165) is 11.0 Å². The predicted octanol–water partition coefficient (Wildman–Crippen LogP) is 6.71. The largest absolute Gasteiger partial charge is 0.566 e. The Kier molecular flexibility index (Phi) is 18.2. The first-order chi connectivity index (χ1) is 40.3. The second kappa shape index (κ2) is 26.0. The smallest absolute Gasteiger partial charge is 0.488 e. The van der Waals surface area contributed by atoms with Gasteiger partial charge in [-0.15, -0.1) is 9.62 Å². The highest BCUT2D eigenvalue weighted by Gasteiger charge is 2.52. The zero-order valence-electron chi connectivity index (χ0n) is 44.7. The number of carbonyl (C=O) groups excluding carboxylic acids is 2. The van der Waals surface area contributed by atoms with Crippen molar-refractivity contribution in [1.29, 1.82) is 5.26 Å². The first kappa shape index (κ1) is 58.1. The summed E-state index contributed by atoms with van der Waals surface area (Å²) in [5.41, 5.74) is -0.0213. The van der Waals surface area contributed by atoms with Gasteiger partial charge in [0.1, 0.15) is 35.6 Å². The molecule has 0 bridgehead atoms. The number of amides is 2. The lowest BCUT2D eigenvalue weighted by Crippen LogP contribution is -2.39. The van der Waals surface area contributed by atoms with Crippen molar-refractivity contribution in [3.63, 3.8) is 0 Å². The number of nitrogens with zero attached hydrogens (tertiary/aromatic N) is 9. The summed E-state index contributed by atoms with van der Waals surface area (Å²) in [6.07, 6.45) is -8.08. The summed E-state index contributed by atoms with van der Waals surface area (Å²) in [4.78, 5) is 70.7. The van der Waals surface area contributed by atoms with E-state index in [1.165, 1.54) is 10.9 Å². The molecule has 8 aromatic rings. The van der Waals surface area contributed by atoms with Crippen LogP contribution < -0.4 is 30.6 Å². The molecule has 9 atom stereocenters. The van der Waals surface area contributed by atoms with Gasteiger partial charge < -0.3 is 47.5 Å². The minimum atomic E-state index is -3.46.